The first-order valence-corrected chi connectivity index (χ1v) is 10.5. The maximum absolute atomic E-state index is 12.8. The standard InChI is InChI=1S/C16H35OP/c1-4-7-10-11-12-13-16-18(17,14-8-5-2)15-9-6-3/h4-16H2,1-3H3. The van der Waals surface area contributed by atoms with E-state index in [0.29, 0.717) is 0 Å². The average Bonchev–Trinajstić information content (AvgIpc) is 2.38. The first-order chi connectivity index (χ1) is 8.68. The smallest absolute Gasteiger partial charge is 0.0877 e. The molecule has 0 aliphatic heterocycles. The van der Waals surface area contributed by atoms with Crippen molar-refractivity contribution in [2.24, 2.45) is 0 Å². The molecule has 0 spiro atoms. The molecule has 110 valence electrons. The van der Waals surface area contributed by atoms with Crippen LogP contribution in [0, 0.1) is 0 Å². The van der Waals surface area contributed by atoms with Crippen LogP contribution >= 0.6 is 7.14 Å². The normalized spacial score (nSPS) is 11.9. The Kier molecular flexibility index (Phi) is 12.4. The largest absolute Gasteiger partial charge is 0.324 e. The molecule has 0 fully saturated rings. The zero-order valence-corrected chi connectivity index (χ0v) is 13.9. The summed E-state index contributed by atoms with van der Waals surface area (Å²) in [6.07, 6.45) is 15.6. The predicted molar refractivity (Wildman–Crippen MR) is 85.4 cm³/mol. The molecule has 0 aliphatic carbocycles. The molecular weight excluding hydrogens is 239 g/mol. The molecule has 0 aromatic heterocycles. The molecule has 0 aromatic rings. The molecule has 0 amide bonds. The van der Waals surface area contributed by atoms with Gasteiger partial charge in [0.25, 0.3) is 0 Å². The Morgan fingerprint density at radius 2 is 0.944 bits per heavy atom. The van der Waals surface area contributed by atoms with Gasteiger partial charge in [0.05, 0.1) is 7.14 Å². The minimum Gasteiger partial charge on any atom is -0.324 e. The Hall–Kier alpha value is 0.230. The summed E-state index contributed by atoms with van der Waals surface area (Å²) in [4.78, 5) is 0. The summed E-state index contributed by atoms with van der Waals surface area (Å²) in [7, 11) is -1.81. The molecule has 2 heteroatoms. The quantitative estimate of drug-likeness (QED) is 0.284. The predicted octanol–water partition coefficient (Wildman–Crippen LogP) is 6.31. The monoisotopic (exact) mass is 274 g/mol. The molecule has 18 heavy (non-hydrogen) atoms. The van der Waals surface area contributed by atoms with Crippen LogP contribution in [-0.4, -0.2) is 18.5 Å². The third-order valence-electron chi connectivity index (χ3n) is 3.76. The Bertz CT molecular complexity index is 201. The highest BCUT2D eigenvalue weighted by atomic mass is 31.2. The third kappa shape index (κ3) is 10.2. The Balaban J connectivity index is 3.81. The van der Waals surface area contributed by atoms with E-state index in [9.17, 15) is 4.57 Å². The second kappa shape index (κ2) is 12.3. The maximum atomic E-state index is 12.8. The molecule has 0 unspecified atom stereocenters. The van der Waals surface area contributed by atoms with E-state index in [4.69, 9.17) is 0 Å². The molecular formula is C16H35OP. The second-order valence-corrected chi connectivity index (χ2v) is 9.16. The van der Waals surface area contributed by atoms with Gasteiger partial charge in [-0.3, -0.25) is 0 Å². The van der Waals surface area contributed by atoms with Gasteiger partial charge in [-0.05, 0) is 19.3 Å². The fourth-order valence-corrected chi connectivity index (χ4v) is 5.66. The van der Waals surface area contributed by atoms with Gasteiger partial charge in [0.15, 0.2) is 0 Å². The minimum absolute atomic E-state index is 1.01. The van der Waals surface area contributed by atoms with Crippen LogP contribution in [0.5, 0.6) is 0 Å². The molecule has 0 aromatic carbocycles. The van der Waals surface area contributed by atoms with Gasteiger partial charge in [-0.2, -0.15) is 0 Å². The summed E-state index contributed by atoms with van der Waals surface area (Å²) in [5.41, 5.74) is 0. The Morgan fingerprint density at radius 1 is 0.556 bits per heavy atom. The van der Waals surface area contributed by atoms with Crippen molar-refractivity contribution < 1.29 is 4.57 Å². The van der Waals surface area contributed by atoms with Crippen LogP contribution in [-0.2, 0) is 4.57 Å². The molecule has 0 bridgehead atoms. The van der Waals surface area contributed by atoms with E-state index in [1.54, 1.807) is 0 Å². The zero-order valence-electron chi connectivity index (χ0n) is 13.0. The Morgan fingerprint density at radius 3 is 1.44 bits per heavy atom. The first-order valence-electron chi connectivity index (χ1n) is 8.25. The lowest BCUT2D eigenvalue weighted by Crippen LogP contribution is -2.01. The highest BCUT2D eigenvalue weighted by Crippen LogP contribution is 2.48. The summed E-state index contributed by atoms with van der Waals surface area (Å²) >= 11 is 0. The van der Waals surface area contributed by atoms with Crippen LogP contribution in [0.2, 0.25) is 0 Å². The van der Waals surface area contributed by atoms with Gasteiger partial charge in [0.2, 0.25) is 0 Å². The molecule has 0 aliphatic rings. The zero-order chi connectivity index (χ0) is 13.7. The minimum atomic E-state index is -1.81. The lowest BCUT2D eigenvalue weighted by atomic mass is 10.1. The molecule has 1 nitrogen and oxygen atoms in total. The van der Waals surface area contributed by atoms with Crippen LogP contribution in [0.1, 0.15) is 85.0 Å². The van der Waals surface area contributed by atoms with E-state index < -0.39 is 7.14 Å². The van der Waals surface area contributed by atoms with Gasteiger partial charge in [-0.25, -0.2) is 0 Å². The lowest BCUT2D eigenvalue weighted by molar-refractivity contribution is 0.563. The van der Waals surface area contributed by atoms with Crippen LogP contribution < -0.4 is 0 Å². The molecule has 0 heterocycles. The topological polar surface area (TPSA) is 17.1 Å². The Labute approximate surface area is 116 Å². The van der Waals surface area contributed by atoms with Crippen LogP contribution in [0.15, 0.2) is 0 Å². The van der Waals surface area contributed by atoms with Gasteiger partial charge < -0.3 is 4.57 Å². The van der Waals surface area contributed by atoms with Crippen molar-refractivity contribution in [3.05, 3.63) is 0 Å². The molecule has 0 saturated carbocycles. The van der Waals surface area contributed by atoms with Crippen molar-refractivity contribution in [3.8, 4) is 0 Å². The fourth-order valence-electron chi connectivity index (χ4n) is 2.41. The van der Waals surface area contributed by atoms with Crippen molar-refractivity contribution in [3.63, 3.8) is 0 Å². The second-order valence-electron chi connectivity index (χ2n) is 5.70. The van der Waals surface area contributed by atoms with E-state index in [2.05, 4.69) is 20.8 Å². The number of hydrogen-bond acceptors (Lipinski definition) is 1. The third-order valence-corrected chi connectivity index (χ3v) is 7.15. The van der Waals surface area contributed by atoms with E-state index >= 15 is 0 Å². The molecule has 0 saturated heterocycles. The van der Waals surface area contributed by atoms with E-state index in [1.165, 1.54) is 51.4 Å². The summed E-state index contributed by atoms with van der Waals surface area (Å²) in [6.45, 7) is 6.66. The summed E-state index contributed by atoms with van der Waals surface area (Å²) in [5.74, 6) is 0. The van der Waals surface area contributed by atoms with Gasteiger partial charge in [-0.15, -0.1) is 0 Å². The van der Waals surface area contributed by atoms with Crippen molar-refractivity contribution in [1.29, 1.82) is 0 Å². The van der Waals surface area contributed by atoms with Gasteiger partial charge in [0, 0.05) is 18.5 Å². The molecule has 0 radical (unpaired) electrons. The summed E-state index contributed by atoms with van der Waals surface area (Å²) in [5, 5.41) is 0. The van der Waals surface area contributed by atoms with Crippen molar-refractivity contribution in [2.45, 2.75) is 85.0 Å². The number of rotatable bonds is 13. The molecule has 0 atom stereocenters. The van der Waals surface area contributed by atoms with Crippen molar-refractivity contribution in [2.75, 3.05) is 18.5 Å². The summed E-state index contributed by atoms with van der Waals surface area (Å²) < 4.78 is 12.8. The van der Waals surface area contributed by atoms with Gasteiger partial charge >= 0.3 is 0 Å². The number of unbranched alkanes of at least 4 members (excludes halogenated alkanes) is 7. The SMILES string of the molecule is CCCCCCCCP(=O)(CCCC)CCCC. The molecule has 0 N–H and O–H groups in total. The molecule has 0 rings (SSSR count). The van der Waals surface area contributed by atoms with Crippen molar-refractivity contribution >= 4 is 7.14 Å². The van der Waals surface area contributed by atoms with E-state index in [1.807, 2.05) is 0 Å². The van der Waals surface area contributed by atoms with E-state index in [-0.39, 0.29) is 0 Å². The first kappa shape index (κ1) is 18.2. The number of hydrogen-bond donors (Lipinski definition) is 0. The highest BCUT2D eigenvalue weighted by Gasteiger charge is 2.19. The lowest BCUT2D eigenvalue weighted by Gasteiger charge is -2.17. The summed E-state index contributed by atoms with van der Waals surface area (Å²) in [6, 6.07) is 0. The van der Waals surface area contributed by atoms with Crippen LogP contribution in [0.4, 0.5) is 0 Å². The maximum Gasteiger partial charge on any atom is 0.0877 e. The van der Waals surface area contributed by atoms with Gasteiger partial charge in [0.1, 0.15) is 0 Å². The fraction of sp³-hybridized carbons (Fsp3) is 1.00. The van der Waals surface area contributed by atoms with Crippen molar-refractivity contribution in [1.82, 2.24) is 0 Å². The average molecular weight is 274 g/mol. The van der Waals surface area contributed by atoms with Gasteiger partial charge in [-0.1, -0.05) is 65.7 Å². The van der Waals surface area contributed by atoms with Crippen LogP contribution in [0.3, 0.4) is 0 Å². The highest BCUT2D eigenvalue weighted by molar-refractivity contribution is 7.63. The van der Waals surface area contributed by atoms with E-state index in [0.717, 1.165) is 31.3 Å². The van der Waals surface area contributed by atoms with Crippen LogP contribution in [0.25, 0.3) is 0 Å².